The number of rotatable bonds is 6. The Morgan fingerprint density at radius 1 is 0.778 bits per heavy atom. The molecule has 0 unspecified atom stereocenters. The summed E-state index contributed by atoms with van der Waals surface area (Å²) in [6.07, 6.45) is -0.318. The zero-order chi connectivity index (χ0) is 25.1. The zero-order valence-electron chi connectivity index (χ0n) is 19.8. The van der Waals surface area contributed by atoms with Crippen LogP contribution in [0.2, 0.25) is 0 Å². The number of hydrogen-bond donors (Lipinski definition) is 0. The molecule has 0 aliphatic carbocycles. The van der Waals surface area contributed by atoms with Crippen LogP contribution in [-0.2, 0) is 18.9 Å². The van der Waals surface area contributed by atoms with Crippen LogP contribution in [0.1, 0.15) is 32.7 Å². The number of hydrogen-bond acceptors (Lipinski definition) is 7. The Bertz CT molecular complexity index is 1370. The van der Waals surface area contributed by atoms with E-state index >= 15 is 0 Å². The van der Waals surface area contributed by atoms with Crippen molar-refractivity contribution < 1.29 is 28.5 Å². The highest BCUT2D eigenvalue weighted by Gasteiger charge is 2.31. The van der Waals surface area contributed by atoms with Gasteiger partial charge >= 0.3 is 11.9 Å². The SMILES string of the molecule is COC(=O)c1c(-c2ccc(-c3ccc(C4OCCO4)cc3)cc2)nn(-c2ccccc2)c1C(=O)OC. The van der Waals surface area contributed by atoms with E-state index in [9.17, 15) is 9.59 Å². The molecule has 1 fully saturated rings. The van der Waals surface area contributed by atoms with Crippen LogP contribution in [0.15, 0.2) is 78.9 Å². The highest BCUT2D eigenvalue weighted by atomic mass is 16.7. The molecule has 0 atom stereocenters. The second-order valence-electron chi connectivity index (χ2n) is 8.08. The van der Waals surface area contributed by atoms with Gasteiger partial charge in [0.05, 0.1) is 33.1 Å². The van der Waals surface area contributed by atoms with Gasteiger partial charge in [-0.15, -0.1) is 0 Å². The Hall–Kier alpha value is -4.27. The molecule has 8 heteroatoms. The van der Waals surface area contributed by atoms with Crippen LogP contribution in [0.4, 0.5) is 0 Å². The maximum Gasteiger partial charge on any atom is 0.357 e. The summed E-state index contributed by atoms with van der Waals surface area (Å²) in [7, 11) is 2.53. The molecule has 5 rings (SSSR count). The van der Waals surface area contributed by atoms with Gasteiger partial charge in [0.15, 0.2) is 12.0 Å². The van der Waals surface area contributed by atoms with Gasteiger partial charge in [-0.2, -0.15) is 5.10 Å². The Kier molecular flexibility index (Phi) is 6.62. The van der Waals surface area contributed by atoms with Gasteiger partial charge in [-0.3, -0.25) is 0 Å². The highest BCUT2D eigenvalue weighted by molar-refractivity contribution is 6.06. The van der Waals surface area contributed by atoms with E-state index in [1.807, 2.05) is 66.7 Å². The first-order chi connectivity index (χ1) is 17.6. The number of nitrogens with zero attached hydrogens (tertiary/aromatic N) is 2. The minimum absolute atomic E-state index is 0.00145. The molecular weight excluding hydrogens is 460 g/mol. The molecule has 1 aliphatic heterocycles. The van der Waals surface area contributed by atoms with Crippen LogP contribution in [0, 0.1) is 0 Å². The van der Waals surface area contributed by atoms with Crippen molar-refractivity contribution in [3.8, 4) is 28.1 Å². The molecule has 0 saturated carbocycles. The highest BCUT2D eigenvalue weighted by Crippen LogP contribution is 2.32. The van der Waals surface area contributed by atoms with Crippen molar-refractivity contribution in [3.05, 3.63) is 95.7 Å². The third kappa shape index (κ3) is 4.39. The fourth-order valence-electron chi connectivity index (χ4n) is 4.16. The van der Waals surface area contributed by atoms with Gasteiger partial charge in [-0.25, -0.2) is 14.3 Å². The predicted octanol–water partition coefficient (Wildman–Crippen LogP) is 4.82. The molecule has 8 nitrogen and oxygen atoms in total. The Balaban J connectivity index is 1.54. The molecule has 0 N–H and O–H groups in total. The second kappa shape index (κ2) is 10.2. The minimum Gasteiger partial charge on any atom is -0.465 e. The summed E-state index contributed by atoms with van der Waals surface area (Å²) in [5, 5.41) is 4.63. The van der Waals surface area contributed by atoms with Crippen molar-refractivity contribution in [2.45, 2.75) is 6.29 Å². The normalized spacial score (nSPS) is 13.5. The Labute approximate surface area is 208 Å². The summed E-state index contributed by atoms with van der Waals surface area (Å²) in [6.45, 7) is 1.19. The van der Waals surface area contributed by atoms with E-state index in [1.165, 1.54) is 18.9 Å². The van der Waals surface area contributed by atoms with Crippen molar-refractivity contribution in [3.63, 3.8) is 0 Å². The lowest BCUT2D eigenvalue weighted by atomic mass is 10.00. The van der Waals surface area contributed by atoms with Crippen molar-refractivity contribution in [2.75, 3.05) is 27.4 Å². The first-order valence-corrected chi connectivity index (χ1v) is 11.4. The van der Waals surface area contributed by atoms with Gasteiger partial charge in [-0.05, 0) is 23.3 Å². The number of benzene rings is 3. The third-order valence-corrected chi connectivity index (χ3v) is 5.95. The third-order valence-electron chi connectivity index (χ3n) is 5.95. The molecule has 1 saturated heterocycles. The van der Waals surface area contributed by atoms with Crippen molar-refractivity contribution >= 4 is 11.9 Å². The minimum atomic E-state index is -0.690. The molecule has 0 spiro atoms. The van der Waals surface area contributed by atoms with E-state index in [4.69, 9.17) is 18.9 Å². The number of ether oxygens (including phenoxy) is 4. The average Bonchev–Trinajstić information content (AvgIpc) is 3.62. The number of aromatic nitrogens is 2. The van der Waals surface area contributed by atoms with Gasteiger partial charge in [0.25, 0.3) is 0 Å². The monoisotopic (exact) mass is 484 g/mol. The van der Waals surface area contributed by atoms with Crippen LogP contribution in [-0.4, -0.2) is 49.2 Å². The molecule has 3 aromatic carbocycles. The van der Waals surface area contributed by atoms with E-state index in [-0.39, 0.29) is 17.5 Å². The summed E-state index contributed by atoms with van der Waals surface area (Å²) in [4.78, 5) is 25.6. The molecule has 0 radical (unpaired) electrons. The molecule has 2 heterocycles. The zero-order valence-corrected chi connectivity index (χ0v) is 19.8. The van der Waals surface area contributed by atoms with Crippen molar-refractivity contribution in [1.82, 2.24) is 9.78 Å². The number of esters is 2. The number of carbonyl (C=O) groups excluding carboxylic acids is 2. The quantitative estimate of drug-likeness (QED) is 0.362. The lowest BCUT2D eigenvalue weighted by Gasteiger charge is -2.10. The number of methoxy groups -OCH3 is 2. The summed E-state index contributed by atoms with van der Waals surface area (Å²) in [6, 6.07) is 24.7. The van der Waals surface area contributed by atoms with E-state index in [2.05, 4.69) is 5.10 Å². The largest absolute Gasteiger partial charge is 0.465 e. The molecular formula is C28H24N2O6. The van der Waals surface area contributed by atoms with E-state index in [0.29, 0.717) is 30.2 Å². The van der Waals surface area contributed by atoms with Gasteiger partial charge in [-0.1, -0.05) is 66.7 Å². The van der Waals surface area contributed by atoms with E-state index in [0.717, 1.165) is 16.7 Å². The summed E-state index contributed by atoms with van der Waals surface area (Å²) < 4.78 is 22.5. The van der Waals surface area contributed by atoms with E-state index < -0.39 is 11.9 Å². The second-order valence-corrected chi connectivity index (χ2v) is 8.08. The molecule has 1 aliphatic rings. The molecule has 36 heavy (non-hydrogen) atoms. The van der Waals surface area contributed by atoms with E-state index in [1.54, 1.807) is 12.1 Å². The molecule has 1 aromatic heterocycles. The molecule has 0 amide bonds. The van der Waals surface area contributed by atoms with Crippen LogP contribution in [0.3, 0.4) is 0 Å². The molecule has 4 aromatic rings. The molecule has 0 bridgehead atoms. The van der Waals surface area contributed by atoms with Crippen LogP contribution in [0.5, 0.6) is 0 Å². The van der Waals surface area contributed by atoms with Crippen LogP contribution < -0.4 is 0 Å². The lowest BCUT2D eigenvalue weighted by Crippen LogP contribution is -2.15. The Morgan fingerprint density at radius 3 is 1.92 bits per heavy atom. The lowest BCUT2D eigenvalue weighted by molar-refractivity contribution is -0.0441. The standard InChI is InChI=1S/C28H24N2O6/c1-33-26(31)23-24(29-30(25(23)27(32)34-2)22-6-4-3-5-7-22)20-12-8-18(9-13-20)19-10-14-21(15-11-19)28-35-16-17-36-28/h3-15,28H,16-17H2,1-2H3. The smallest absolute Gasteiger partial charge is 0.357 e. The summed E-state index contributed by atoms with van der Waals surface area (Å²) in [5.74, 6) is -1.37. The summed E-state index contributed by atoms with van der Waals surface area (Å²) in [5.41, 5.74) is 4.60. The average molecular weight is 485 g/mol. The maximum absolute atomic E-state index is 12.8. The first kappa shape index (κ1) is 23.5. The van der Waals surface area contributed by atoms with Gasteiger partial charge < -0.3 is 18.9 Å². The fourth-order valence-corrected chi connectivity index (χ4v) is 4.16. The fraction of sp³-hybridized carbons (Fsp3) is 0.179. The Morgan fingerprint density at radius 2 is 1.33 bits per heavy atom. The summed E-state index contributed by atoms with van der Waals surface area (Å²) >= 11 is 0. The van der Waals surface area contributed by atoms with Crippen molar-refractivity contribution in [2.24, 2.45) is 0 Å². The van der Waals surface area contributed by atoms with Gasteiger partial charge in [0, 0.05) is 11.1 Å². The van der Waals surface area contributed by atoms with Gasteiger partial charge in [0.1, 0.15) is 11.3 Å². The number of carbonyl (C=O) groups is 2. The maximum atomic E-state index is 12.8. The topological polar surface area (TPSA) is 88.9 Å². The van der Waals surface area contributed by atoms with Gasteiger partial charge in [0.2, 0.25) is 0 Å². The van der Waals surface area contributed by atoms with Crippen molar-refractivity contribution in [1.29, 1.82) is 0 Å². The van der Waals surface area contributed by atoms with Crippen LogP contribution in [0.25, 0.3) is 28.1 Å². The van der Waals surface area contributed by atoms with Crippen LogP contribution >= 0.6 is 0 Å². The first-order valence-electron chi connectivity index (χ1n) is 11.4. The number of para-hydroxylation sites is 1. The predicted molar refractivity (Wildman–Crippen MR) is 132 cm³/mol. The molecule has 182 valence electrons.